The molecule has 1 amide bonds. The van der Waals surface area contributed by atoms with Crippen molar-refractivity contribution in [3.8, 4) is 0 Å². The molecule has 1 N–H and O–H groups in total. The molecule has 7 nitrogen and oxygen atoms in total. The number of nitrogens with one attached hydrogen (secondary N) is 1. The zero-order chi connectivity index (χ0) is 15.6. The predicted octanol–water partition coefficient (Wildman–Crippen LogP) is 0.189. The Hall–Kier alpha value is -1.41. The number of amides is 1. The Morgan fingerprint density at radius 1 is 1.52 bits per heavy atom. The Bertz CT molecular complexity index is 609. The molecular formula is C13H22N4O3S. The number of nitrogens with zero attached hydrogens (tertiary/aromatic N) is 3. The lowest BCUT2D eigenvalue weighted by atomic mass is 10.1. The van der Waals surface area contributed by atoms with Gasteiger partial charge >= 0.3 is 0 Å². The van der Waals surface area contributed by atoms with E-state index in [0.717, 1.165) is 5.69 Å². The van der Waals surface area contributed by atoms with Gasteiger partial charge in [0.2, 0.25) is 15.9 Å². The van der Waals surface area contributed by atoms with Gasteiger partial charge in [-0.25, -0.2) is 8.42 Å². The molecule has 21 heavy (non-hydrogen) atoms. The molecule has 118 valence electrons. The topological polar surface area (TPSA) is 84.3 Å². The molecule has 1 aromatic rings. The van der Waals surface area contributed by atoms with E-state index in [1.807, 2.05) is 24.6 Å². The molecule has 0 aliphatic carbocycles. The highest BCUT2D eigenvalue weighted by Gasteiger charge is 2.30. The van der Waals surface area contributed by atoms with Gasteiger partial charge in [-0.3, -0.25) is 9.48 Å². The molecule has 2 rings (SSSR count). The Morgan fingerprint density at radius 2 is 2.24 bits per heavy atom. The first-order chi connectivity index (χ1) is 9.79. The lowest BCUT2D eigenvalue weighted by Crippen LogP contribution is -2.46. The molecule has 2 heterocycles. The standard InChI is InChI=1S/C13H22N4O3S/c1-10(2)13(18)14-8-11-5-7-16-12(4-6-15-16)9-17(11)21(3,19)20/h4,6,10-11H,5,7-9H2,1-3H3,(H,14,18)/t11-/m0/s1. The first-order valence-corrected chi connectivity index (χ1v) is 8.89. The largest absolute Gasteiger partial charge is 0.354 e. The summed E-state index contributed by atoms with van der Waals surface area (Å²) < 4.78 is 27.4. The van der Waals surface area contributed by atoms with Crippen LogP contribution in [0.1, 0.15) is 26.0 Å². The molecule has 0 saturated carbocycles. The third-order valence-corrected chi connectivity index (χ3v) is 4.95. The Morgan fingerprint density at radius 3 is 2.86 bits per heavy atom. The molecule has 0 spiro atoms. The summed E-state index contributed by atoms with van der Waals surface area (Å²) in [7, 11) is -3.35. The van der Waals surface area contributed by atoms with Gasteiger partial charge in [0.25, 0.3) is 0 Å². The lowest BCUT2D eigenvalue weighted by molar-refractivity contribution is -0.124. The highest BCUT2D eigenvalue weighted by Crippen LogP contribution is 2.19. The van der Waals surface area contributed by atoms with Crippen molar-refractivity contribution in [3.63, 3.8) is 0 Å². The quantitative estimate of drug-likeness (QED) is 0.860. The molecule has 1 aromatic heterocycles. The van der Waals surface area contributed by atoms with Gasteiger partial charge in [0, 0.05) is 31.2 Å². The molecule has 1 atom stereocenters. The summed E-state index contributed by atoms with van der Waals surface area (Å²) in [5.74, 6) is -0.177. The van der Waals surface area contributed by atoms with Gasteiger partial charge in [0.1, 0.15) is 0 Å². The molecule has 8 heteroatoms. The van der Waals surface area contributed by atoms with Crippen LogP contribution in [-0.4, -0.2) is 47.3 Å². The number of rotatable bonds is 4. The van der Waals surface area contributed by atoms with Crippen LogP contribution < -0.4 is 5.32 Å². The molecule has 0 saturated heterocycles. The summed E-state index contributed by atoms with van der Waals surface area (Å²) in [6.45, 7) is 4.89. The highest BCUT2D eigenvalue weighted by molar-refractivity contribution is 7.88. The van der Waals surface area contributed by atoms with Crippen molar-refractivity contribution in [2.24, 2.45) is 5.92 Å². The van der Waals surface area contributed by atoms with Gasteiger partial charge in [-0.15, -0.1) is 0 Å². The van der Waals surface area contributed by atoms with E-state index in [1.165, 1.54) is 10.6 Å². The van der Waals surface area contributed by atoms with E-state index in [4.69, 9.17) is 0 Å². The minimum atomic E-state index is -3.35. The molecule has 0 unspecified atom stereocenters. The van der Waals surface area contributed by atoms with Gasteiger partial charge in [-0.2, -0.15) is 9.40 Å². The van der Waals surface area contributed by atoms with E-state index in [1.54, 1.807) is 6.20 Å². The summed E-state index contributed by atoms with van der Waals surface area (Å²) >= 11 is 0. The van der Waals surface area contributed by atoms with Crippen LogP contribution in [0.2, 0.25) is 0 Å². The van der Waals surface area contributed by atoms with Crippen molar-refractivity contribution in [1.82, 2.24) is 19.4 Å². The van der Waals surface area contributed by atoms with Crippen molar-refractivity contribution < 1.29 is 13.2 Å². The fraction of sp³-hybridized carbons (Fsp3) is 0.692. The molecular weight excluding hydrogens is 292 g/mol. The van der Waals surface area contributed by atoms with Crippen LogP contribution in [-0.2, 0) is 27.9 Å². The number of carbonyl (C=O) groups is 1. The van der Waals surface area contributed by atoms with Gasteiger partial charge in [0.05, 0.1) is 18.5 Å². The zero-order valence-electron chi connectivity index (χ0n) is 12.6. The summed E-state index contributed by atoms with van der Waals surface area (Å²) in [5, 5.41) is 7.02. The average molecular weight is 314 g/mol. The molecule has 1 aliphatic heterocycles. The van der Waals surface area contributed by atoms with Crippen molar-refractivity contribution >= 4 is 15.9 Å². The van der Waals surface area contributed by atoms with Crippen LogP contribution >= 0.6 is 0 Å². The lowest BCUT2D eigenvalue weighted by Gasteiger charge is -2.27. The smallest absolute Gasteiger partial charge is 0.222 e. The molecule has 0 fully saturated rings. The summed E-state index contributed by atoms with van der Waals surface area (Å²) in [6.07, 6.45) is 3.51. The molecule has 0 radical (unpaired) electrons. The van der Waals surface area contributed by atoms with Gasteiger partial charge in [-0.05, 0) is 12.5 Å². The summed E-state index contributed by atoms with van der Waals surface area (Å²) in [5.41, 5.74) is 0.873. The Kier molecular flexibility index (Phi) is 4.67. The minimum absolute atomic E-state index is 0.0644. The Balaban J connectivity index is 2.15. The highest BCUT2D eigenvalue weighted by atomic mass is 32.2. The fourth-order valence-corrected chi connectivity index (χ4v) is 3.50. The fourth-order valence-electron chi connectivity index (χ4n) is 2.41. The van der Waals surface area contributed by atoms with Crippen molar-refractivity contribution in [1.29, 1.82) is 0 Å². The van der Waals surface area contributed by atoms with E-state index in [0.29, 0.717) is 26.1 Å². The predicted molar refractivity (Wildman–Crippen MR) is 78.9 cm³/mol. The van der Waals surface area contributed by atoms with Crippen LogP contribution in [0.5, 0.6) is 0 Å². The van der Waals surface area contributed by atoms with Gasteiger partial charge in [-0.1, -0.05) is 13.8 Å². The second-order valence-corrected chi connectivity index (χ2v) is 7.63. The number of fused-ring (bicyclic) bond motifs is 1. The van der Waals surface area contributed by atoms with Crippen LogP contribution in [0.25, 0.3) is 0 Å². The van der Waals surface area contributed by atoms with E-state index >= 15 is 0 Å². The van der Waals surface area contributed by atoms with Crippen LogP contribution in [0, 0.1) is 5.92 Å². The molecule has 0 aromatic carbocycles. The van der Waals surface area contributed by atoms with E-state index in [9.17, 15) is 13.2 Å². The normalized spacial score (nSPS) is 20.1. The van der Waals surface area contributed by atoms with Crippen LogP contribution in [0.4, 0.5) is 0 Å². The average Bonchev–Trinajstić information content (AvgIpc) is 2.75. The summed E-state index contributed by atoms with van der Waals surface area (Å²) in [6, 6.07) is 1.58. The third kappa shape index (κ3) is 3.82. The monoisotopic (exact) mass is 314 g/mol. The second kappa shape index (κ2) is 6.15. The first-order valence-electron chi connectivity index (χ1n) is 7.04. The van der Waals surface area contributed by atoms with Crippen molar-refractivity contribution in [2.45, 2.75) is 39.4 Å². The molecule has 0 bridgehead atoms. The van der Waals surface area contributed by atoms with E-state index < -0.39 is 10.0 Å². The maximum absolute atomic E-state index is 12.0. The van der Waals surface area contributed by atoms with Crippen molar-refractivity contribution in [2.75, 3.05) is 12.8 Å². The number of aromatic nitrogens is 2. The first kappa shape index (κ1) is 16.0. The van der Waals surface area contributed by atoms with Crippen LogP contribution in [0.3, 0.4) is 0 Å². The zero-order valence-corrected chi connectivity index (χ0v) is 13.4. The van der Waals surface area contributed by atoms with Gasteiger partial charge < -0.3 is 5.32 Å². The Labute approximate surface area is 125 Å². The summed E-state index contributed by atoms with van der Waals surface area (Å²) in [4.78, 5) is 11.7. The minimum Gasteiger partial charge on any atom is -0.354 e. The maximum atomic E-state index is 12.0. The van der Waals surface area contributed by atoms with Gasteiger partial charge in [0.15, 0.2) is 0 Å². The number of hydrogen-bond donors (Lipinski definition) is 1. The SMILES string of the molecule is CC(C)C(=O)NC[C@@H]1CCn2nccc2CN1S(C)(=O)=O. The third-order valence-electron chi connectivity index (χ3n) is 3.67. The van der Waals surface area contributed by atoms with Crippen LogP contribution in [0.15, 0.2) is 12.3 Å². The van der Waals surface area contributed by atoms with Crippen molar-refractivity contribution in [3.05, 3.63) is 18.0 Å². The number of hydrogen-bond acceptors (Lipinski definition) is 4. The second-order valence-electron chi connectivity index (χ2n) is 5.70. The molecule has 1 aliphatic rings. The van der Waals surface area contributed by atoms with E-state index in [-0.39, 0.29) is 17.9 Å². The maximum Gasteiger partial charge on any atom is 0.222 e. The number of aryl methyl sites for hydroxylation is 1. The van der Waals surface area contributed by atoms with E-state index in [2.05, 4.69) is 10.4 Å². The number of sulfonamides is 1. The number of carbonyl (C=O) groups excluding carboxylic acids is 1.